The molecule has 0 aromatic heterocycles. The third-order valence-corrected chi connectivity index (χ3v) is 4.41. The molecule has 1 heterocycles. The van der Waals surface area contributed by atoms with Gasteiger partial charge in [-0.25, -0.2) is 4.39 Å². The zero-order valence-electron chi connectivity index (χ0n) is 12.3. The molecule has 3 nitrogen and oxygen atoms in total. The van der Waals surface area contributed by atoms with Crippen molar-refractivity contribution >= 4 is 23.3 Å². The van der Waals surface area contributed by atoms with Crippen LogP contribution in [0.2, 0.25) is 5.02 Å². The summed E-state index contributed by atoms with van der Waals surface area (Å²) in [5.41, 5.74) is 0.924. The first kappa shape index (κ1) is 15.7. The number of nitrogens with zero attached hydrogens (tertiary/aromatic N) is 1. The lowest BCUT2D eigenvalue weighted by Gasteiger charge is -2.17. The topological polar surface area (TPSA) is 37.4 Å². The highest BCUT2D eigenvalue weighted by molar-refractivity contribution is 6.33. The van der Waals surface area contributed by atoms with E-state index in [-0.39, 0.29) is 23.4 Å². The van der Waals surface area contributed by atoms with E-state index in [1.165, 1.54) is 24.3 Å². The molecule has 1 aliphatic heterocycles. The largest absolute Gasteiger partial charge is 0.338 e. The highest BCUT2D eigenvalue weighted by Crippen LogP contribution is 2.25. The monoisotopic (exact) mass is 331 g/mol. The van der Waals surface area contributed by atoms with Crippen molar-refractivity contribution in [2.45, 2.75) is 6.42 Å². The second-order valence-electron chi connectivity index (χ2n) is 5.59. The first-order valence-electron chi connectivity index (χ1n) is 7.40. The number of amides is 1. The van der Waals surface area contributed by atoms with E-state index in [2.05, 4.69) is 0 Å². The molecule has 118 valence electrons. The molecule has 3 rings (SSSR count). The Kier molecular flexibility index (Phi) is 4.44. The van der Waals surface area contributed by atoms with Gasteiger partial charge in [0, 0.05) is 24.6 Å². The average molecular weight is 332 g/mol. The van der Waals surface area contributed by atoms with Crippen molar-refractivity contribution in [1.29, 1.82) is 0 Å². The van der Waals surface area contributed by atoms with Crippen LogP contribution in [0.1, 0.15) is 27.1 Å². The lowest BCUT2D eigenvalue weighted by atomic mass is 9.97. The lowest BCUT2D eigenvalue weighted by Crippen LogP contribution is -2.30. The number of rotatable bonds is 3. The van der Waals surface area contributed by atoms with Crippen LogP contribution >= 0.6 is 11.6 Å². The maximum atomic E-state index is 12.9. The van der Waals surface area contributed by atoms with Crippen LogP contribution in [0.25, 0.3) is 0 Å². The maximum absolute atomic E-state index is 12.9. The van der Waals surface area contributed by atoms with Crippen molar-refractivity contribution in [1.82, 2.24) is 4.90 Å². The molecule has 5 heteroatoms. The molecular weight excluding hydrogens is 317 g/mol. The van der Waals surface area contributed by atoms with Crippen LogP contribution in [0, 0.1) is 11.7 Å². The Hall–Kier alpha value is -2.20. The highest BCUT2D eigenvalue weighted by Gasteiger charge is 2.32. The third-order valence-electron chi connectivity index (χ3n) is 4.08. The minimum absolute atomic E-state index is 0.0561. The van der Waals surface area contributed by atoms with Crippen LogP contribution in [0.4, 0.5) is 4.39 Å². The standard InChI is InChI=1S/C18H15ClFNO2/c19-16-4-2-1-3-15(16)18(23)21-10-9-13(11-21)17(22)12-5-7-14(20)8-6-12/h1-8,13H,9-11H2/t13-/m1/s1. The van der Waals surface area contributed by atoms with Crippen molar-refractivity contribution < 1.29 is 14.0 Å². The molecule has 2 aromatic rings. The quantitative estimate of drug-likeness (QED) is 0.802. The summed E-state index contributed by atoms with van der Waals surface area (Å²) < 4.78 is 12.9. The van der Waals surface area contributed by atoms with Crippen LogP contribution in [-0.4, -0.2) is 29.7 Å². The number of halogens is 2. The Morgan fingerprint density at radius 2 is 1.78 bits per heavy atom. The summed E-state index contributed by atoms with van der Waals surface area (Å²) in [4.78, 5) is 26.6. The van der Waals surface area contributed by atoms with Crippen LogP contribution in [0.3, 0.4) is 0 Å². The van der Waals surface area contributed by atoms with E-state index in [9.17, 15) is 14.0 Å². The highest BCUT2D eigenvalue weighted by atomic mass is 35.5. The third kappa shape index (κ3) is 3.27. The molecular formula is C18H15ClFNO2. The summed E-state index contributed by atoms with van der Waals surface area (Å²) in [6.45, 7) is 0.877. The lowest BCUT2D eigenvalue weighted by molar-refractivity contribution is 0.0780. The van der Waals surface area contributed by atoms with Crippen molar-refractivity contribution in [3.8, 4) is 0 Å². The zero-order chi connectivity index (χ0) is 16.4. The van der Waals surface area contributed by atoms with Gasteiger partial charge < -0.3 is 4.90 Å². The fourth-order valence-electron chi connectivity index (χ4n) is 2.81. The van der Waals surface area contributed by atoms with Gasteiger partial charge in [0.15, 0.2) is 5.78 Å². The van der Waals surface area contributed by atoms with Crippen LogP contribution in [0.15, 0.2) is 48.5 Å². The maximum Gasteiger partial charge on any atom is 0.255 e. The van der Waals surface area contributed by atoms with E-state index >= 15 is 0 Å². The number of ketones is 1. The summed E-state index contributed by atoms with van der Waals surface area (Å²) in [6, 6.07) is 12.4. The molecule has 0 radical (unpaired) electrons. The van der Waals surface area contributed by atoms with Gasteiger partial charge in [-0.05, 0) is 42.8 Å². The molecule has 2 aromatic carbocycles. The molecule has 1 saturated heterocycles. The van der Waals surface area contributed by atoms with Gasteiger partial charge in [-0.15, -0.1) is 0 Å². The molecule has 0 saturated carbocycles. The molecule has 1 aliphatic rings. The van der Waals surface area contributed by atoms with Gasteiger partial charge in [0.1, 0.15) is 5.82 Å². The number of Topliss-reactive ketones (excluding diaryl/α,β-unsaturated/α-hetero) is 1. The summed E-state index contributed by atoms with van der Waals surface area (Å²) in [5.74, 6) is -0.847. The van der Waals surface area contributed by atoms with E-state index in [0.29, 0.717) is 35.7 Å². The Balaban J connectivity index is 1.71. The van der Waals surface area contributed by atoms with E-state index in [1.54, 1.807) is 29.2 Å². The summed E-state index contributed by atoms with van der Waals surface area (Å²) in [5, 5.41) is 0.408. The predicted molar refractivity (Wildman–Crippen MR) is 86.2 cm³/mol. The molecule has 0 bridgehead atoms. The van der Waals surface area contributed by atoms with Crippen molar-refractivity contribution in [2.75, 3.05) is 13.1 Å². The smallest absolute Gasteiger partial charge is 0.255 e. The summed E-state index contributed by atoms with van der Waals surface area (Å²) in [6.07, 6.45) is 0.604. The number of likely N-dealkylation sites (tertiary alicyclic amines) is 1. The fourth-order valence-corrected chi connectivity index (χ4v) is 3.03. The minimum Gasteiger partial charge on any atom is -0.338 e. The number of carbonyl (C=O) groups excluding carboxylic acids is 2. The Labute approximate surface area is 138 Å². The molecule has 0 N–H and O–H groups in total. The molecule has 0 unspecified atom stereocenters. The minimum atomic E-state index is -0.372. The number of benzene rings is 2. The molecule has 1 fully saturated rings. The Morgan fingerprint density at radius 3 is 2.48 bits per heavy atom. The van der Waals surface area contributed by atoms with Gasteiger partial charge in [-0.3, -0.25) is 9.59 Å². The molecule has 0 spiro atoms. The Bertz CT molecular complexity index is 745. The van der Waals surface area contributed by atoms with E-state index < -0.39 is 0 Å². The van der Waals surface area contributed by atoms with E-state index in [4.69, 9.17) is 11.6 Å². The number of carbonyl (C=O) groups is 2. The van der Waals surface area contributed by atoms with Crippen molar-refractivity contribution in [3.63, 3.8) is 0 Å². The molecule has 23 heavy (non-hydrogen) atoms. The number of hydrogen-bond acceptors (Lipinski definition) is 2. The van der Waals surface area contributed by atoms with Crippen LogP contribution in [-0.2, 0) is 0 Å². The van der Waals surface area contributed by atoms with Gasteiger partial charge in [-0.2, -0.15) is 0 Å². The first-order valence-corrected chi connectivity index (χ1v) is 7.77. The summed E-state index contributed by atoms with van der Waals surface area (Å²) >= 11 is 6.06. The summed E-state index contributed by atoms with van der Waals surface area (Å²) in [7, 11) is 0. The molecule has 1 amide bonds. The SMILES string of the molecule is O=C(c1ccc(F)cc1)[C@@H]1CCN(C(=O)c2ccccc2Cl)C1. The van der Waals surface area contributed by atoms with Crippen molar-refractivity contribution in [2.24, 2.45) is 5.92 Å². The first-order chi connectivity index (χ1) is 11.1. The van der Waals surface area contributed by atoms with Crippen LogP contribution in [0.5, 0.6) is 0 Å². The number of hydrogen-bond donors (Lipinski definition) is 0. The fraction of sp³-hybridized carbons (Fsp3) is 0.222. The van der Waals surface area contributed by atoms with Crippen LogP contribution < -0.4 is 0 Å². The second-order valence-corrected chi connectivity index (χ2v) is 5.99. The molecule has 1 atom stereocenters. The van der Waals surface area contributed by atoms with Gasteiger partial charge in [0.2, 0.25) is 0 Å². The molecule has 0 aliphatic carbocycles. The van der Waals surface area contributed by atoms with Gasteiger partial charge in [0.25, 0.3) is 5.91 Å². The Morgan fingerprint density at radius 1 is 1.09 bits per heavy atom. The second kappa shape index (κ2) is 6.50. The van der Waals surface area contributed by atoms with Gasteiger partial charge in [-0.1, -0.05) is 23.7 Å². The van der Waals surface area contributed by atoms with Gasteiger partial charge in [0.05, 0.1) is 10.6 Å². The van der Waals surface area contributed by atoms with E-state index in [1.807, 2.05) is 0 Å². The van der Waals surface area contributed by atoms with Crippen molar-refractivity contribution in [3.05, 3.63) is 70.5 Å². The predicted octanol–water partition coefficient (Wildman–Crippen LogP) is 3.82. The normalized spacial score (nSPS) is 17.3. The average Bonchev–Trinajstić information content (AvgIpc) is 3.05. The zero-order valence-corrected chi connectivity index (χ0v) is 13.1. The van der Waals surface area contributed by atoms with E-state index in [0.717, 1.165) is 0 Å². The van der Waals surface area contributed by atoms with Gasteiger partial charge >= 0.3 is 0 Å².